The van der Waals surface area contributed by atoms with Crippen LogP contribution in [0.4, 0.5) is 14.5 Å². The Morgan fingerprint density at radius 2 is 1.79 bits per heavy atom. The molecule has 3 rings (SSSR count). The Kier molecular flexibility index (Phi) is 5.92. The molecule has 0 atom stereocenters. The average molecular weight is 412 g/mol. The smallest absolute Gasteiger partial charge is 0.261 e. The molecule has 150 valence electrons. The number of rotatable bonds is 5. The number of sulfonamides is 1. The third kappa shape index (κ3) is 3.98. The van der Waals surface area contributed by atoms with Crippen LogP contribution >= 0.6 is 0 Å². The summed E-state index contributed by atoms with van der Waals surface area (Å²) in [5.41, 5.74) is -0.698. The second-order valence-corrected chi connectivity index (χ2v) is 7.84. The molecule has 0 saturated carbocycles. The minimum absolute atomic E-state index is 0.0558. The molecule has 1 aliphatic heterocycles. The van der Waals surface area contributed by atoms with Crippen LogP contribution in [-0.2, 0) is 14.8 Å². The summed E-state index contributed by atoms with van der Waals surface area (Å²) in [6, 6.07) is 7.00. The number of benzene rings is 2. The number of carbonyl (C=O) groups is 1. The van der Waals surface area contributed by atoms with Crippen LogP contribution < -0.4 is 10.1 Å². The number of methoxy groups -OCH3 is 1. The van der Waals surface area contributed by atoms with Gasteiger partial charge in [-0.1, -0.05) is 6.07 Å². The zero-order valence-corrected chi connectivity index (χ0v) is 15.8. The number of hydrogen-bond donors (Lipinski definition) is 1. The number of nitrogens with zero attached hydrogens (tertiary/aromatic N) is 1. The number of anilines is 1. The molecule has 1 heterocycles. The molecule has 2 aromatic rings. The third-order valence-electron chi connectivity index (χ3n) is 4.20. The Hall–Kier alpha value is -2.56. The van der Waals surface area contributed by atoms with Gasteiger partial charge in [-0.15, -0.1) is 0 Å². The van der Waals surface area contributed by atoms with Gasteiger partial charge in [-0.05, 0) is 30.3 Å². The van der Waals surface area contributed by atoms with Gasteiger partial charge in [-0.3, -0.25) is 4.79 Å². The first kappa shape index (κ1) is 20.2. The van der Waals surface area contributed by atoms with Crippen molar-refractivity contribution in [2.75, 3.05) is 38.7 Å². The van der Waals surface area contributed by atoms with Crippen LogP contribution in [0.2, 0.25) is 0 Å². The minimum atomic E-state index is -3.92. The van der Waals surface area contributed by atoms with E-state index >= 15 is 0 Å². The Bertz CT molecular complexity index is 971. The molecular formula is C18H18F2N2O5S. The van der Waals surface area contributed by atoms with Gasteiger partial charge in [0.25, 0.3) is 5.91 Å². The number of ether oxygens (including phenoxy) is 2. The number of morpholine rings is 1. The van der Waals surface area contributed by atoms with Crippen molar-refractivity contribution < 1.29 is 31.5 Å². The predicted molar refractivity (Wildman–Crippen MR) is 96.9 cm³/mol. The Labute approximate surface area is 160 Å². The lowest BCUT2D eigenvalue weighted by molar-refractivity contribution is 0.0729. The summed E-state index contributed by atoms with van der Waals surface area (Å²) in [5.74, 6) is -2.99. The molecule has 28 heavy (non-hydrogen) atoms. The highest BCUT2D eigenvalue weighted by atomic mass is 32.2. The highest BCUT2D eigenvalue weighted by molar-refractivity contribution is 7.89. The van der Waals surface area contributed by atoms with Crippen molar-refractivity contribution in [1.29, 1.82) is 0 Å². The zero-order chi connectivity index (χ0) is 20.3. The Morgan fingerprint density at radius 3 is 2.39 bits per heavy atom. The first-order chi connectivity index (χ1) is 13.3. The number of carbonyl (C=O) groups excluding carboxylic acids is 1. The molecule has 1 amide bonds. The minimum Gasteiger partial charge on any atom is -0.495 e. The van der Waals surface area contributed by atoms with Gasteiger partial charge in [-0.2, -0.15) is 4.31 Å². The first-order valence-electron chi connectivity index (χ1n) is 8.36. The molecular weight excluding hydrogens is 394 g/mol. The summed E-state index contributed by atoms with van der Waals surface area (Å²) >= 11 is 0. The van der Waals surface area contributed by atoms with Gasteiger partial charge in [0.2, 0.25) is 10.0 Å². The van der Waals surface area contributed by atoms with Crippen molar-refractivity contribution in [2.24, 2.45) is 0 Å². The van der Waals surface area contributed by atoms with E-state index in [0.717, 1.165) is 18.2 Å². The normalized spacial score (nSPS) is 15.2. The molecule has 1 aliphatic rings. The number of halogens is 2. The monoisotopic (exact) mass is 412 g/mol. The summed E-state index contributed by atoms with van der Waals surface area (Å²) in [5, 5.41) is 2.32. The highest BCUT2D eigenvalue weighted by Crippen LogP contribution is 2.30. The quantitative estimate of drug-likeness (QED) is 0.814. The van der Waals surface area contributed by atoms with Crippen molar-refractivity contribution in [3.05, 3.63) is 53.6 Å². The molecule has 2 aromatic carbocycles. The van der Waals surface area contributed by atoms with Crippen LogP contribution in [0.15, 0.2) is 41.3 Å². The molecule has 7 nitrogen and oxygen atoms in total. The van der Waals surface area contributed by atoms with Crippen LogP contribution in [0.5, 0.6) is 5.75 Å². The molecule has 0 unspecified atom stereocenters. The number of amides is 1. The average Bonchev–Trinajstić information content (AvgIpc) is 2.68. The fourth-order valence-corrected chi connectivity index (χ4v) is 4.38. The van der Waals surface area contributed by atoms with Crippen molar-refractivity contribution in [2.45, 2.75) is 4.90 Å². The largest absolute Gasteiger partial charge is 0.495 e. The molecule has 0 bridgehead atoms. The maximum absolute atomic E-state index is 13.8. The Balaban J connectivity index is 1.94. The summed E-state index contributed by atoms with van der Waals surface area (Å²) in [4.78, 5) is 12.1. The SMILES string of the molecule is COc1ccc(NC(=O)c2c(F)cccc2F)cc1S(=O)(=O)N1CCOCC1. The summed E-state index contributed by atoms with van der Waals surface area (Å²) in [6.45, 7) is 0.903. The summed E-state index contributed by atoms with van der Waals surface area (Å²) in [7, 11) is -2.60. The highest BCUT2D eigenvalue weighted by Gasteiger charge is 2.30. The standard InChI is InChI=1S/C18H18F2N2O5S/c1-26-15-6-5-12(21-18(23)17-13(19)3-2-4-14(17)20)11-16(15)28(24,25)22-7-9-27-10-8-22/h2-6,11H,7-10H2,1H3,(H,21,23). The maximum atomic E-state index is 13.8. The van der Waals surface area contributed by atoms with Crippen LogP contribution in [0.25, 0.3) is 0 Å². The van der Waals surface area contributed by atoms with E-state index in [2.05, 4.69) is 5.32 Å². The van der Waals surface area contributed by atoms with Gasteiger partial charge in [0.1, 0.15) is 27.8 Å². The van der Waals surface area contributed by atoms with Crippen LogP contribution in [-0.4, -0.2) is 52.0 Å². The molecule has 0 aliphatic carbocycles. The fraction of sp³-hybridized carbons (Fsp3) is 0.278. The molecule has 1 N–H and O–H groups in total. The van der Waals surface area contributed by atoms with Gasteiger partial charge < -0.3 is 14.8 Å². The van der Waals surface area contributed by atoms with E-state index in [-0.39, 0.29) is 42.6 Å². The first-order valence-corrected chi connectivity index (χ1v) is 9.80. The van der Waals surface area contributed by atoms with E-state index < -0.39 is 33.1 Å². The molecule has 0 aromatic heterocycles. The molecule has 1 saturated heterocycles. The maximum Gasteiger partial charge on any atom is 0.261 e. The van der Waals surface area contributed by atoms with Crippen LogP contribution in [0.1, 0.15) is 10.4 Å². The molecule has 0 radical (unpaired) electrons. The van der Waals surface area contributed by atoms with Crippen LogP contribution in [0.3, 0.4) is 0 Å². The van der Waals surface area contributed by atoms with Crippen molar-refractivity contribution >= 4 is 21.6 Å². The fourth-order valence-electron chi connectivity index (χ4n) is 2.79. The van der Waals surface area contributed by atoms with E-state index in [4.69, 9.17) is 9.47 Å². The predicted octanol–water partition coefficient (Wildman–Crippen LogP) is 2.25. The van der Waals surface area contributed by atoms with Gasteiger partial charge in [0.15, 0.2) is 0 Å². The summed E-state index contributed by atoms with van der Waals surface area (Å²) < 4.78 is 65.0. The molecule has 0 spiro atoms. The van der Waals surface area contributed by atoms with E-state index in [0.29, 0.717) is 0 Å². The van der Waals surface area contributed by atoms with Crippen molar-refractivity contribution in [3.8, 4) is 5.75 Å². The van der Waals surface area contributed by atoms with Crippen LogP contribution in [0, 0.1) is 11.6 Å². The molecule has 1 fully saturated rings. The lowest BCUT2D eigenvalue weighted by atomic mass is 10.1. The lowest BCUT2D eigenvalue weighted by Crippen LogP contribution is -2.40. The van der Waals surface area contributed by atoms with Gasteiger partial charge in [0.05, 0.1) is 20.3 Å². The van der Waals surface area contributed by atoms with E-state index in [1.54, 1.807) is 0 Å². The third-order valence-corrected chi connectivity index (χ3v) is 6.12. The van der Waals surface area contributed by atoms with E-state index in [1.807, 2.05) is 0 Å². The number of hydrogen-bond acceptors (Lipinski definition) is 5. The van der Waals surface area contributed by atoms with Gasteiger partial charge in [-0.25, -0.2) is 17.2 Å². The second-order valence-electron chi connectivity index (χ2n) is 5.93. The lowest BCUT2D eigenvalue weighted by Gasteiger charge is -2.26. The van der Waals surface area contributed by atoms with E-state index in [9.17, 15) is 22.0 Å². The number of nitrogens with one attached hydrogen (secondary N) is 1. The van der Waals surface area contributed by atoms with E-state index in [1.165, 1.54) is 29.6 Å². The van der Waals surface area contributed by atoms with Crippen molar-refractivity contribution in [3.63, 3.8) is 0 Å². The summed E-state index contributed by atoms with van der Waals surface area (Å²) in [6.07, 6.45) is 0. The Morgan fingerprint density at radius 1 is 1.14 bits per heavy atom. The topological polar surface area (TPSA) is 84.9 Å². The van der Waals surface area contributed by atoms with Crippen molar-refractivity contribution in [1.82, 2.24) is 4.31 Å². The second kappa shape index (κ2) is 8.21. The zero-order valence-electron chi connectivity index (χ0n) is 14.9. The molecule has 10 heteroatoms. The van der Waals surface area contributed by atoms with Gasteiger partial charge in [0, 0.05) is 18.8 Å². The van der Waals surface area contributed by atoms with Gasteiger partial charge >= 0.3 is 0 Å².